The molecule has 1 heterocycles. The molecular weight excluding hydrogens is 259 g/mol. The molecule has 1 aromatic rings. The number of nitrogen functional groups attached to an aromatic ring is 1. The Hall–Kier alpha value is -1.18. The standard InChI is InChI=1S/C11H15FN2O3S/c12-9-3-1-4-10(13)11(9)18(15,16)14-5-2-7-17-8-6-14/h1,3-4H,2,5-8,13H2. The Morgan fingerprint density at radius 2 is 2.06 bits per heavy atom. The highest BCUT2D eigenvalue weighted by Crippen LogP contribution is 2.25. The minimum absolute atomic E-state index is 0.0693. The molecule has 2 N–H and O–H groups in total. The van der Waals surface area contributed by atoms with Crippen molar-refractivity contribution < 1.29 is 17.5 Å². The maximum atomic E-state index is 13.7. The second-order valence-electron chi connectivity index (χ2n) is 4.03. The van der Waals surface area contributed by atoms with Crippen LogP contribution in [0, 0.1) is 5.82 Å². The van der Waals surface area contributed by atoms with E-state index in [-0.39, 0.29) is 12.2 Å². The third-order valence-electron chi connectivity index (χ3n) is 2.78. The Morgan fingerprint density at radius 1 is 1.28 bits per heavy atom. The van der Waals surface area contributed by atoms with Gasteiger partial charge >= 0.3 is 0 Å². The molecule has 1 saturated heterocycles. The van der Waals surface area contributed by atoms with Crippen molar-refractivity contribution in [3.63, 3.8) is 0 Å². The summed E-state index contributed by atoms with van der Waals surface area (Å²) in [5.41, 5.74) is 5.51. The van der Waals surface area contributed by atoms with Crippen LogP contribution < -0.4 is 5.73 Å². The first-order valence-electron chi connectivity index (χ1n) is 5.65. The van der Waals surface area contributed by atoms with Crippen LogP contribution in [0.3, 0.4) is 0 Å². The SMILES string of the molecule is Nc1cccc(F)c1S(=O)(=O)N1CCCOCC1. The van der Waals surface area contributed by atoms with Crippen LogP contribution >= 0.6 is 0 Å². The first kappa shape index (κ1) is 13.3. The normalized spacial score (nSPS) is 18.5. The predicted octanol–water partition coefficient (Wildman–Crippen LogP) is 0.819. The third-order valence-corrected chi connectivity index (χ3v) is 4.77. The number of benzene rings is 1. The Balaban J connectivity index is 2.41. The largest absolute Gasteiger partial charge is 0.398 e. The van der Waals surface area contributed by atoms with Gasteiger partial charge in [-0.1, -0.05) is 6.07 Å². The summed E-state index contributed by atoms with van der Waals surface area (Å²) in [7, 11) is -3.89. The zero-order valence-electron chi connectivity index (χ0n) is 9.80. The van der Waals surface area contributed by atoms with E-state index in [1.54, 1.807) is 0 Å². The fourth-order valence-corrected chi connectivity index (χ4v) is 3.51. The molecule has 0 unspecified atom stereocenters. The summed E-state index contributed by atoms with van der Waals surface area (Å²) >= 11 is 0. The summed E-state index contributed by atoms with van der Waals surface area (Å²) in [5, 5.41) is 0. The molecule has 100 valence electrons. The number of ether oxygens (including phenoxy) is 1. The highest BCUT2D eigenvalue weighted by Gasteiger charge is 2.29. The molecular formula is C11H15FN2O3S. The summed E-state index contributed by atoms with van der Waals surface area (Å²) in [6.45, 7) is 1.36. The van der Waals surface area contributed by atoms with E-state index in [1.807, 2.05) is 0 Å². The molecule has 0 aliphatic carbocycles. The maximum Gasteiger partial charge on any atom is 0.248 e. The van der Waals surface area contributed by atoms with E-state index in [9.17, 15) is 12.8 Å². The monoisotopic (exact) mass is 274 g/mol. The summed E-state index contributed by atoms with van der Waals surface area (Å²) < 4.78 is 44.8. The van der Waals surface area contributed by atoms with Crippen molar-refractivity contribution in [1.29, 1.82) is 0 Å². The van der Waals surface area contributed by atoms with E-state index in [0.29, 0.717) is 26.2 Å². The van der Waals surface area contributed by atoms with E-state index >= 15 is 0 Å². The van der Waals surface area contributed by atoms with Gasteiger partial charge in [0.1, 0.15) is 10.7 Å². The van der Waals surface area contributed by atoms with Crippen LogP contribution in [0.15, 0.2) is 23.1 Å². The van der Waals surface area contributed by atoms with Crippen LogP contribution in [-0.2, 0) is 14.8 Å². The van der Waals surface area contributed by atoms with Gasteiger partial charge in [-0.2, -0.15) is 4.31 Å². The molecule has 0 atom stereocenters. The molecule has 18 heavy (non-hydrogen) atoms. The van der Waals surface area contributed by atoms with Crippen molar-refractivity contribution in [3.8, 4) is 0 Å². The highest BCUT2D eigenvalue weighted by atomic mass is 32.2. The maximum absolute atomic E-state index is 13.7. The van der Waals surface area contributed by atoms with E-state index < -0.39 is 20.7 Å². The van der Waals surface area contributed by atoms with Gasteiger partial charge in [0.2, 0.25) is 10.0 Å². The van der Waals surface area contributed by atoms with Gasteiger partial charge in [0, 0.05) is 19.7 Å². The Kier molecular flexibility index (Phi) is 3.84. The number of rotatable bonds is 2. The van der Waals surface area contributed by atoms with Crippen molar-refractivity contribution in [1.82, 2.24) is 4.31 Å². The molecule has 1 aliphatic rings. The summed E-state index contributed by atoms with van der Waals surface area (Å²) in [5.74, 6) is -0.819. The molecule has 0 bridgehead atoms. The van der Waals surface area contributed by atoms with Crippen LogP contribution in [-0.4, -0.2) is 39.0 Å². The number of hydrogen-bond donors (Lipinski definition) is 1. The van der Waals surface area contributed by atoms with Crippen molar-refractivity contribution in [2.45, 2.75) is 11.3 Å². The van der Waals surface area contributed by atoms with Gasteiger partial charge in [0.25, 0.3) is 0 Å². The molecule has 0 amide bonds. The van der Waals surface area contributed by atoms with Gasteiger partial charge in [-0.05, 0) is 18.6 Å². The Bertz CT molecular complexity index is 505. The van der Waals surface area contributed by atoms with Gasteiger partial charge < -0.3 is 10.5 Å². The molecule has 1 aliphatic heterocycles. The van der Waals surface area contributed by atoms with Crippen LogP contribution in [0.25, 0.3) is 0 Å². The lowest BCUT2D eigenvalue weighted by Gasteiger charge is -2.20. The minimum Gasteiger partial charge on any atom is -0.398 e. The van der Waals surface area contributed by atoms with Crippen LogP contribution in [0.5, 0.6) is 0 Å². The number of nitrogens with two attached hydrogens (primary N) is 1. The van der Waals surface area contributed by atoms with Gasteiger partial charge in [0.05, 0.1) is 12.3 Å². The lowest BCUT2D eigenvalue weighted by molar-refractivity contribution is 0.148. The summed E-state index contributed by atoms with van der Waals surface area (Å²) in [4.78, 5) is -0.438. The second kappa shape index (κ2) is 5.21. The highest BCUT2D eigenvalue weighted by molar-refractivity contribution is 7.89. The zero-order chi connectivity index (χ0) is 13.2. The zero-order valence-corrected chi connectivity index (χ0v) is 10.6. The topological polar surface area (TPSA) is 72.6 Å². The number of halogens is 1. The second-order valence-corrected chi connectivity index (χ2v) is 5.90. The van der Waals surface area contributed by atoms with Gasteiger partial charge in [-0.3, -0.25) is 0 Å². The molecule has 0 radical (unpaired) electrons. The predicted molar refractivity (Wildman–Crippen MR) is 65.0 cm³/mol. The smallest absolute Gasteiger partial charge is 0.248 e. The Labute approximate surface area is 105 Å². The number of sulfonamides is 1. The van der Waals surface area contributed by atoms with E-state index in [2.05, 4.69) is 0 Å². The van der Waals surface area contributed by atoms with Crippen molar-refractivity contribution in [2.24, 2.45) is 0 Å². The van der Waals surface area contributed by atoms with Gasteiger partial charge in [-0.25, -0.2) is 12.8 Å². The molecule has 5 nitrogen and oxygen atoms in total. The quantitative estimate of drug-likeness (QED) is 0.810. The lowest BCUT2D eigenvalue weighted by Crippen LogP contribution is -2.34. The molecule has 1 fully saturated rings. The van der Waals surface area contributed by atoms with E-state index in [0.717, 1.165) is 6.07 Å². The molecule has 2 rings (SSSR count). The first-order valence-corrected chi connectivity index (χ1v) is 7.09. The Morgan fingerprint density at radius 3 is 2.78 bits per heavy atom. The van der Waals surface area contributed by atoms with Gasteiger partial charge in [-0.15, -0.1) is 0 Å². The number of hydrogen-bond acceptors (Lipinski definition) is 4. The summed E-state index contributed by atoms with van der Waals surface area (Å²) in [6.07, 6.45) is 0.591. The molecule has 0 spiro atoms. The molecule has 0 saturated carbocycles. The van der Waals surface area contributed by atoms with Gasteiger partial charge in [0.15, 0.2) is 0 Å². The lowest BCUT2D eigenvalue weighted by atomic mass is 10.3. The van der Waals surface area contributed by atoms with Crippen molar-refractivity contribution >= 4 is 15.7 Å². The van der Waals surface area contributed by atoms with E-state index in [4.69, 9.17) is 10.5 Å². The average Bonchev–Trinajstić information content (AvgIpc) is 2.57. The molecule has 7 heteroatoms. The molecule has 1 aromatic carbocycles. The summed E-state index contributed by atoms with van der Waals surface area (Å²) in [6, 6.07) is 3.86. The number of anilines is 1. The van der Waals surface area contributed by atoms with E-state index in [1.165, 1.54) is 16.4 Å². The van der Waals surface area contributed by atoms with Crippen LogP contribution in [0.2, 0.25) is 0 Å². The fraction of sp³-hybridized carbons (Fsp3) is 0.455. The molecule has 0 aromatic heterocycles. The van der Waals surface area contributed by atoms with Crippen molar-refractivity contribution in [2.75, 3.05) is 32.0 Å². The minimum atomic E-state index is -3.89. The average molecular weight is 274 g/mol. The fourth-order valence-electron chi connectivity index (χ4n) is 1.89. The van der Waals surface area contributed by atoms with Crippen molar-refractivity contribution in [3.05, 3.63) is 24.0 Å². The van der Waals surface area contributed by atoms with Crippen LogP contribution in [0.4, 0.5) is 10.1 Å². The number of nitrogens with zero attached hydrogens (tertiary/aromatic N) is 1. The van der Waals surface area contributed by atoms with Crippen LogP contribution in [0.1, 0.15) is 6.42 Å². The first-order chi connectivity index (χ1) is 8.53. The third kappa shape index (κ3) is 2.47.